The van der Waals surface area contributed by atoms with Crippen LogP contribution < -0.4 is 15.8 Å². The minimum absolute atomic E-state index is 0.0812. The fraction of sp³-hybridized carbons (Fsp3) is 0.0870. The average molecular weight is 469 g/mol. The van der Waals surface area contributed by atoms with E-state index in [-0.39, 0.29) is 11.3 Å². The Balaban J connectivity index is 1.83. The number of rotatable bonds is 7. The summed E-state index contributed by atoms with van der Waals surface area (Å²) >= 11 is 3.33. The minimum atomic E-state index is -1.23. The van der Waals surface area contributed by atoms with Crippen LogP contribution in [0.15, 0.2) is 89.4 Å². The summed E-state index contributed by atoms with van der Waals surface area (Å²) in [5.41, 5.74) is 7.04. The van der Waals surface area contributed by atoms with Crippen LogP contribution in [0.2, 0.25) is 0 Å². The summed E-state index contributed by atoms with van der Waals surface area (Å²) in [6.45, 7) is 0. The van der Waals surface area contributed by atoms with Gasteiger partial charge in [0.2, 0.25) is 5.91 Å². The van der Waals surface area contributed by atoms with Crippen LogP contribution in [0.25, 0.3) is 0 Å². The quantitative estimate of drug-likeness (QED) is 0.303. The molecular formula is C23H21BrN2O4. The lowest BCUT2D eigenvalue weighted by Gasteiger charge is -2.22. The van der Waals surface area contributed by atoms with Gasteiger partial charge in [-0.2, -0.15) is 0 Å². The number of anilines is 2. The standard InChI is InChI=1S/C23H21BrN2O4/c24-15-10-11-20(27)17(14-15)23(29)21(30-16-6-2-1-3-7-16)12-13-22(28)26-19-9-5-4-8-18(19)25/h1-14,21,23,27,29H,25H2,(H,26,28)/b13-12+/t21-,23-/m1/s1. The van der Waals surface area contributed by atoms with E-state index < -0.39 is 18.1 Å². The molecule has 0 bridgehead atoms. The molecule has 154 valence electrons. The number of phenols is 1. The summed E-state index contributed by atoms with van der Waals surface area (Å²) in [6.07, 6.45) is 0.533. The summed E-state index contributed by atoms with van der Waals surface area (Å²) in [5.74, 6) is -0.00380. The molecule has 0 saturated heterocycles. The van der Waals surface area contributed by atoms with Crippen molar-refractivity contribution < 1.29 is 19.7 Å². The number of hydrogen-bond acceptors (Lipinski definition) is 5. The number of hydrogen-bond donors (Lipinski definition) is 4. The van der Waals surface area contributed by atoms with Crippen molar-refractivity contribution in [2.24, 2.45) is 0 Å². The van der Waals surface area contributed by atoms with Crippen LogP contribution in [0.1, 0.15) is 11.7 Å². The molecule has 3 aromatic carbocycles. The van der Waals surface area contributed by atoms with Crippen molar-refractivity contribution in [3.63, 3.8) is 0 Å². The van der Waals surface area contributed by atoms with Crippen LogP contribution in [0.4, 0.5) is 11.4 Å². The zero-order valence-electron chi connectivity index (χ0n) is 15.9. The van der Waals surface area contributed by atoms with Gasteiger partial charge in [-0.1, -0.05) is 46.3 Å². The maximum atomic E-state index is 12.4. The van der Waals surface area contributed by atoms with Gasteiger partial charge >= 0.3 is 0 Å². The Morgan fingerprint density at radius 3 is 2.50 bits per heavy atom. The number of nitrogen functional groups attached to an aromatic ring is 1. The number of carbonyl (C=O) groups is 1. The number of ether oxygens (including phenoxy) is 1. The number of benzene rings is 3. The van der Waals surface area contributed by atoms with Crippen molar-refractivity contribution >= 4 is 33.2 Å². The highest BCUT2D eigenvalue weighted by Crippen LogP contribution is 2.31. The summed E-state index contributed by atoms with van der Waals surface area (Å²) in [7, 11) is 0. The first kappa shape index (κ1) is 21.4. The second-order valence-electron chi connectivity index (χ2n) is 6.48. The Labute approximate surface area is 182 Å². The minimum Gasteiger partial charge on any atom is -0.508 e. The molecule has 6 nitrogen and oxygen atoms in total. The molecule has 30 heavy (non-hydrogen) atoms. The number of amides is 1. The predicted molar refractivity (Wildman–Crippen MR) is 120 cm³/mol. The Bertz CT molecular complexity index is 1040. The van der Waals surface area contributed by atoms with Gasteiger partial charge in [-0.25, -0.2) is 0 Å². The SMILES string of the molecule is Nc1ccccc1NC(=O)/C=C/[C@@H](Oc1ccccc1)[C@H](O)c1cc(Br)ccc1O. The molecule has 0 aliphatic rings. The van der Waals surface area contributed by atoms with Crippen LogP contribution in [0.3, 0.4) is 0 Å². The number of para-hydroxylation sites is 3. The van der Waals surface area contributed by atoms with Crippen LogP contribution >= 0.6 is 15.9 Å². The lowest BCUT2D eigenvalue weighted by atomic mass is 10.0. The largest absolute Gasteiger partial charge is 0.508 e. The first-order chi connectivity index (χ1) is 14.4. The van der Waals surface area contributed by atoms with E-state index >= 15 is 0 Å². The number of carbonyl (C=O) groups excluding carboxylic acids is 1. The summed E-state index contributed by atoms with van der Waals surface area (Å²) in [6, 6.07) is 20.5. The molecule has 0 aliphatic heterocycles. The van der Waals surface area contributed by atoms with Crippen LogP contribution in [-0.4, -0.2) is 22.2 Å². The molecule has 1 amide bonds. The third kappa shape index (κ3) is 5.62. The summed E-state index contributed by atoms with van der Waals surface area (Å²) in [4.78, 5) is 12.4. The molecule has 0 fully saturated rings. The highest BCUT2D eigenvalue weighted by atomic mass is 79.9. The Morgan fingerprint density at radius 1 is 1.07 bits per heavy atom. The van der Waals surface area contributed by atoms with E-state index in [4.69, 9.17) is 10.5 Å². The van der Waals surface area contributed by atoms with E-state index in [9.17, 15) is 15.0 Å². The van der Waals surface area contributed by atoms with Crippen molar-refractivity contribution in [2.45, 2.75) is 12.2 Å². The second-order valence-corrected chi connectivity index (χ2v) is 7.39. The van der Waals surface area contributed by atoms with Crippen molar-refractivity contribution in [1.29, 1.82) is 0 Å². The smallest absolute Gasteiger partial charge is 0.248 e. The average Bonchev–Trinajstić information content (AvgIpc) is 2.74. The fourth-order valence-electron chi connectivity index (χ4n) is 2.77. The fourth-order valence-corrected chi connectivity index (χ4v) is 3.15. The van der Waals surface area contributed by atoms with Gasteiger partial charge in [-0.05, 0) is 48.5 Å². The van der Waals surface area contributed by atoms with Crippen LogP contribution in [0, 0.1) is 0 Å². The normalized spacial score (nSPS) is 13.0. The van der Waals surface area contributed by atoms with Crippen molar-refractivity contribution in [3.05, 3.63) is 95.0 Å². The summed E-state index contributed by atoms with van der Waals surface area (Å²) < 4.78 is 6.57. The zero-order chi connectivity index (χ0) is 21.5. The number of nitrogens with one attached hydrogen (secondary N) is 1. The van der Waals surface area contributed by atoms with Crippen molar-refractivity contribution in [3.8, 4) is 11.5 Å². The molecule has 0 radical (unpaired) electrons. The van der Waals surface area contributed by atoms with Gasteiger partial charge in [-0.3, -0.25) is 4.79 Å². The molecule has 7 heteroatoms. The first-order valence-corrected chi connectivity index (χ1v) is 9.95. The number of halogens is 1. The third-order valence-electron chi connectivity index (χ3n) is 4.29. The number of aliphatic hydroxyl groups excluding tert-OH is 1. The van der Waals surface area contributed by atoms with E-state index in [1.165, 1.54) is 18.2 Å². The van der Waals surface area contributed by atoms with Gasteiger partial charge in [0, 0.05) is 16.1 Å². The van der Waals surface area contributed by atoms with E-state index in [2.05, 4.69) is 21.2 Å². The monoisotopic (exact) mass is 468 g/mol. The van der Waals surface area contributed by atoms with Gasteiger partial charge in [0.25, 0.3) is 0 Å². The molecule has 5 N–H and O–H groups in total. The molecular weight excluding hydrogens is 448 g/mol. The lowest BCUT2D eigenvalue weighted by Crippen LogP contribution is -2.24. The molecule has 2 atom stereocenters. The van der Waals surface area contributed by atoms with Crippen LogP contribution in [0.5, 0.6) is 11.5 Å². The molecule has 3 rings (SSSR count). The lowest BCUT2D eigenvalue weighted by molar-refractivity contribution is -0.112. The number of aromatic hydroxyl groups is 1. The number of nitrogens with two attached hydrogens (primary N) is 1. The highest BCUT2D eigenvalue weighted by Gasteiger charge is 2.24. The Morgan fingerprint density at radius 2 is 1.77 bits per heavy atom. The predicted octanol–water partition coefficient (Wildman–Crippen LogP) is 4.41. The molecule has 0 unspecified atom stereocenters. The second kappa shape index (κ2) is 9.96. The Hall–Kier alpha value is -3.29. The third-order valence-corrected chi connectivity index (χ3v) is 4.78. The Kier molecular flexibility index (Phi) is 7.11. The molecule has 3 aromatic rings. The van der Waals surface area contributed by atoms with Crippen LogP contribution in [-0.2, 0) is 4.79 Å². The maximum absolute atomic E-state index is 12.4. The molecule has 0 saturated carbocycles. The van der Waals surface area contributed by atoms with Gasteiger partial charge in [-0.15, -0.1) is 0 Å². The number of phenolic OH excluding ortho intramolecular Hbond substituents is 1. The van der Waals surface area contributed by atoms with E-state index in [1.54, 1.807) is 60.7 Å². The zero-order valence-corrected chi connectivity index (χ0v) is 17.5. The van der Waals surface area contributed by atoms with Gasteiger partial charge in [0.05, 0.1) is 11.4 Å². The maximum Gasteiger partial charge on any atom is 0.248 e. The van der Waals surface area contributed by atoms with Crippen molar-refractivity contribution in [1.82, 2.24) is 0 Å². The molecule has 0 spiro atoms. The summed E-state index contributed by atoms with van der Waals surface area (Å²) in [5, 5.41) is 23.7. The molecule has 0 heterocycles. The highest BCUT2D eigenvalue weighted by molar-refractivity contribution is 9.10. The van der Waals surface area contributed by atoms with E-state index in [0.717, 1.165) is 0 Å². The van der Waals surface area contributed by atoms with E-state index in [0.29, 0.717) is 21.6 Å². The first-order valence-electron chi connectivity index (χ1n) is 9.16. The number of aliphatic hydroxyl groups is 1. The molecule has 0 aromatic heterocycles. The van der Waals surface area contributed by atoms with Gasteiger partial charge in [0.1, 0.15) is 23.7 Å². The van der Waals surface area contributed by atoms with Crippen molar-refractivity contribution in [2.75, 3.05) is 11.1 Å². The molecule has 0 aliphatic carbocycles. The van der Waals surface area contributed by atoms with Gasteiger partial charge in [0.15, 0.2) is 0 Å². The topological polar surface area (TPSA) is 105 Å². The van der Waals surface area contributed by atoms with Gasteiger partial charge < -0.3 is 26.0 Å². The van der Waals surface area contributed by atoms with E-state index in [1.807, 2.05) is 6.07 Å².